The number of hydrogen-bond donors (Lipinski definition) is 0. The van der Waals surface area contributed by atoms with E-state index in [1.165, 1.54) is 13.9 Å². The van der Waals surface area contributed by atoms with E-state index in [4.69, 9.17) is 4.98 Å². The van der Waals surface area contributed by atoms with Crippen molar-refractivity contribution < 1.29 is 13.2 Å². The number of rotatable bonds is 5. The molecule has 180 valence electrons. The number of fused-ring (bicyclic) bond motifs is 1. The van der Waals surface area contributed by atoms with Gasteiger partial charge in [-0.15, -0.1) is 11.8 Å². The molecule has 1 amide bonds. The van der Waals surface area contributed by atoms with Crippen molar-refractivity contribution >= 4 is 54.4 Å². The Hall–Kier alpha value is -2.14. The van der Waals surface area contributed by atoms with Crippen molar-refractivity contribution in [3.8, 4) is 0 Å². The van der Waals surface area contributed by atoms with Crippen LogP contribution in [0.2, 0.25) is 0 Å². The summed E-state index contributed by atoms with van der Waals surface area (Å²) in [7, 11) is -3.58. The van der Waals surface area contributed by atoms with Crippen LogP contribution in [-0.2, 0) is 14.8 Å². The molecular formula is C24H28N4O3S3. The Balaban J connectivity index is 1.22. The first kappa shape index (κ1) is 23.6. The number of thiazole rings is 1. The Labute approximate surface area is 208 Å². The molecule has 0 spiro atoms. The van der Waals surface area contributed by atoms with Gasteiger partial charge in [-0.3, -0.25) is 4.79 Å². The van der Waals surface area contributed by atoms with Crippen LogP contribution in [0.4, 0.5) is 5.13 Å². The van der Waals surface area contributed by atoms with E-state index in [9.17, 15) is 13.2 Å². The Bertz CT molecular complexity index is 1270. The molecule has 2 saturated heterocycles. The fourth-order valence-corrected chi connectivity index (χ4v) is 7.75. The molecule has 0 radical (unpaired) electrons. The molecule has 0 bridgehead atoms. The number of amides is 1. The van der Waals surface area contributed by atoms with Gasteiger partial charge in [-0.1, -0.05) is 29.5 Å². The lowest BCUT2D eigenvalue weighted by molar-refractivity contribution is -0.137. The number of carbonyl (C=O) groups is 1. The Morgan fingerprint density at radius 1 is 1.06 bits per heavy atom. The molecule has 34 heavy (non-hydrogen) atoms. The molecule has 1 unspecified atom stereocenters. The molecule has 0 saturated carbocycles. The van der Waals surface area contributed by atoms with Crippen LogP contribution in [0, 0.1) is 5.92 Å². The number of hydrogen-bond acceptors (Lipinski definition) is 7. The maximum Gasteiger partial charge on any atom is 0.243 e. The van der Waals surface area contributed by atoms with E-state index < -0.39 is 10.0 Å². The zero-order chi connectivity index (χ0) is 23.7. The molecule has 1 aromatic heterocycles. The van der Waals surface area contributed by atoms with E-state index in [-0.39, 0.29) is 23.3 Å². The Morgan fingerprint density at radius 3 is 2.56 bits per heavy atom. The number of aromatic nitrogens is 1. The molecule has 2 fully saturated rings. The van der Waals surface area contributed by atoms with Crippen LogP contribution in [0.5, 0.6) is 0 Å². The predicted molar refractivity (Wildman–Crippen MR) is 138 cm³/mol. The molecule has 5 rings (SSSR count). The first-order valence-corrected chi connectivity index (χ1v) is 15.0. The van der Waals surface area contributed by atoms with Gasteiger partial charge in [0.25, 0.3) is 0 Å². The summed E-state index contributed by atoms with van der Waals surface area (Å²) < 4.78 is 28.7. The van der Waals surface area contributed by atoms with Crippen molar-refractivity contribution in [3.63, 3.8) is 0 Å². The number of nitrogens with zero attached hydrogens (tertiary/aromatic N) is 4. The second-order valence-electron chi connectivity index (χ2n) is 8.66. The highest BCUT2D eigenvalue weighted by Gasteiger charge is 2.36. The van der Waals surface area contributed by atoms with Gasteiger partial charge < -0.3 is 9.80 Å². The van der Waals surface area contributed by atoms with E-state index in [2.05, 4.69) is 29.4 Å². The minimum absolute atomic E-state index is 0.0709. The van der Waals surface area contributed by atoms with Gasteiger partial charge in [-0.2, -0.15) is 4.31 Å². The first-order valence-electron chi connectivity index (χ1n) is 11.5. The molecular weight excluding hydrogens is 488 g/mol. The lowest BCUT2D eigenvalue weighted by Crippen LogP contribution is -2.53. The predicted octanol–water partition coefficient (Wildman–Crippen LogP) is 3.77. The average molecular weight is 517 g/mol. The molecule has 0 aliphatic carbocycles. The van der Waals surface area contributed by atoms with Gasteiger partial charge in [0.05, 0.1) is 21.0 Å². The SMILES string of the molecule is CSc1ccc2nc(N3CCN(C(=O)C4CCCN(S(=O)(=O)c5ccccc5)C4)CC3)sc2c1. The standard InChI is InChI=1S/C24H28N4O3S3/c1-32-19-9-10-21-22(16-19)33-24(25-21)27-14-12-26(13-15-27)23(29)18-6-5-11-28(17-18)34(30,31)20-7-3-2-4-8-20/h2-4,7-10,16,18H,5-6,11-15,17H2,1H3. The maximum atomic E-state index is 13.3. The summed E-state index contributed by atoms with van der Waals surface area (Å²) in [5.74, 6) is -0.215. The highest BCUT2D eigenvalue weighted by Crippen LogP contribution is 2.32. The molecule has 0 N–H and O–H groups in total. The molecule has 3 heterocycles. The second kappa shape index (κ2) is 9.85. The number of benzene rings is 2. The Kier molecular flexibility index (Phi) is 6.83. The van der Waals surface area contributed by atoms with Crippen LogP contribution >= 0.6 is 23.1 Å². The van der Waals surface area contributed by atoms with Gasteiger partial charge in [0.2, 0.25) is 15.9 Å². The van der Waals surface area contributed by atoms with Crippen LogP contribution in [0.3, 0.4) is 0 Å². The average Bonchev–Trinajstić information content (AvgIpc) is 3.32. The van der Waals surface area contributed by atoms with Crippen molar-refractivity contribution in [1.82, 2.24) is 14.2 Å². The van der Waals surface area contributed by atoms with Gasteiger partial charge in [0.1, 0.15) is 0 Å². The fourth-order valence-electron chi connectivity index (χ4n) is 4.64. The molecule has 2 aromatic carbocycles. The molecule has 7 nitrogen and oxygen atoms in total. The van der Waals surface area contributed by atoms with E-state index in [1.807, 2.05) is 4.90 Å². The number of piperazine rings is 1. The lowest BCUT2D eigenvalue weighted by Gasteiger charge is -2.38. The third kappa shape index (κ3) is 4.68. The summed E-state index contributed by atoms with van der Waals surface area (Å²) in [5.41, 5.74) is 1.01. The van der Waals surface area contributed by atoms with Gasteiger partial charge in [0, 0.05) is 44.2 Å². The minimum atomic E-state index is -3.58. The van der Waals surface area contributed by atoms with Gasteiger partial charge in [0.15, 0.2) is 5.13 Å². The summed E-state index contributed by atoms with van der Waals surface area (Å²) in [6.07, 6.45) is 3.50. The molecule has 1 atom stereocenters. The highest BCUT2D eigenvalue weighted by molar-refractivity contribution is 7.98. The highest BCUT2D eigenvalue weighted by atomic mass is 32.2. The molecule has 10 heteroatoms. The number of carbonyl (C=O) groups excluding carboxylic acids is 1. The summed E-state index contributed by atoms with van der Waals surface area (Å²) in [5, 5.41) is 0.998. The van der Waals surface area contributed by atoms with E-state index in [0.29, 0.717) is 26.1 Å². The van der Waals surface area contributed by atoms with Crippen LogP contribution < -0.4 is 4.90 Å². The van der Waals surface area contributed by atoms with Gasteiger partial charge in [-0.25, -0.2) is 13.4 Å². The summed E-state index contributed by atoms with van der Waals surface area (Å²) >= 11 is 3.42. The number of piperidine rings is 1. The van der Waals surface area contributed by atoms with Crippen molar-refractivity contribution in [1.29, 1.82) is 0 Å². The Morgan fingerprint density at radius 2 is 1.82 bits per heavy atom. The lowest BCUT2D eigenvalue weighted by atomic mass is 9.98. The number of sulfonamides is 1. The van der Waals surface area contributed by atoms with Gasteiger partial charge >= 0.3 is 0 Å². The van der Waals surface area contributed by atoms with Crippen molar-refractivity contribution in [3.05, 3.63) is 48.5 Å². The zero-order valence-corrected chi connectivity index (χ0v) is 21.5. The van der Waals surface area contributed by atoms with Gasteiger partial charge in [-0.05, 0) is 49.4 Å². The maximum absolute atomic E-state index is 13.3. The molecule has 2 aliphatic heterocycles. The summed E-state index contributed by atoms with van der Waals surface area (Å²) in [6.45, 7) is 3.45. The number of anilines is 1. The van der Waals surface area contributed by atoms with Crippen molar-refractivity contribution in [2.45, 2.75) is 22.6 Å². The summed E-state index contributed by atoms with van der Waals surface area (Å²) in [4.78, 5) is 23.8. The van der Waals surface area contributed by atoms with E-state index >= 15 is 0 Å². The van der Waals surface area contributed by atoms with Crippen molar-refractivity contribution in [2.75, 3.05) is 50.4 Å². The smallest absolute Gasteiger partial charge is 0.243 e. The van der Waals surface area contributed by atoms with Crippen LogP contribution in [0.25, 0.3) is 10.2 Å². The van der Waals surface area contributed by atoms with E-state index in [1.54, 1.807) is 53.4 Å². The quantitative estimate of drug-likeness (QED) is 0.481. The molecule has 2 aliphatic rings. The van der Waals surface area contributed by atoms with Crippen LogP contribution in [0.15, 0.2) is 58.3 Å². The normalized spacial score (nSPS) is 20.1. The zero-order valence-electron chi connectivity index (χ0n) is 19.1. The first-order chi connectivity index (χ1) is 16.5. The number of thioether (sulfide) groups is 1. The van der Waals surface area contributed by atoms with E-state index in [0.717, 1.165) is 30.2 Å². The largest absolute Gasteiger partial charge is 0.345 e. The second-order valence-corrected chi connectivity index (χ2v) is 12.5. The third-order valence-corrected chi connectivity index (χ3v) is 10.2. The van der Waals surface area contributed by atoms with Crippen molar-refractivity contribution in [2.24, 2.45) is 5.92 Å². The van der Waals surface area contributed by atoms with Crippen LogP contribution in [0.1, 0.15) is 12.8 Å². The minimum Gasteiger partial charge on any atom is -0.345 e. The third-order valence-electron chi connectivity index (χ3n) is 6.56. The summed E-state index contributed by atoms with van der Waals surface area (Å²) in [6, 6.07) is 14.8. The fraction of sp³-hybridized carbons (Fsp3) is 0.417. The van der Waals surface area contributed by atoms with Crippen LogP contribution in [-0.4, -0.2) is 74.0 Å². The molecule has 3 aromatic rings. The monoisotopic (exact) mass is 516 g/mol. The topological polar surface area (TPSA) is 73.8 Å².